The number of hydrogen-bond acceptors (Lipinski definition) is 4. The molecule has 2 rings (SSSR count). The van der Waals surface area contributed by atoms with E-state index in [0.29, 0.717) is 23.4 Å². The molecule has 1 heterocycles. The first-order valence-electron chi connectivity index (χ1n) is 6.54. The third-order valence-electron chi connectivity index (χ3n) is 2.74. The molecule has 0 bridgehead atoms. The summed E-state index contributed by atoms with van der Waals surface area (Å²) in [5.41, 5.74) is 1.91. The van der Waals surface area contributed by atoms with Gasteiger partial charge in [-0.3, -0.25) is 4.68 Å². The van der Waals surface area contributed by atoms with Gasteiger partial charge in [-0.2, -0.15) is 0 Å². The van der Waals surface area contributed by atoms with E-state index in [0.717, 1.165) is 17.8 Å². The molecule has 0 saturated carbocycles. The standard InChI is InChI=1S/C14H19ClN4O/c1-10(2)16-7-11-4-5-14(13(15)6-11)20-9-12-8-19(3)18-17-12/h4-6,8,10,16H,7,9H2,1-3H3. The predicted molar refractivity (Wildman–Crippen MR) is 78.8 cm³/mol. The van der Waals surface area contributed by atoms with Crippen molar-refractivity contribution in [2.75, 3.05) is 0 Å². The molecular weight excluding hydrogens is 276 g/mol. The molecule has 1 N–H and O–H groups in total. The van der Waals surface area contributed by atoms with Crippen LogP contribution in [0.25, 0.3) is 0 Å². The molecule has 1 aromatic heterocycles. The van der Waals surface area contributed by atoms with Crippen LogP contribution in [-0.2, 0) is 20.2 Å². The zero-order valence-electron chi connectivity index (χ0n) is 11.9. The van der Waals surface area contributed by atoms with Crippen LogP contribution in [0.3, 0.4) is 0 Å². The van der Waals surface area contributed by atoms with Gasteiger partial charge in [0.05, 0.1) is 11.2 Å². The van der Waals surface area contributed by atoms with E-state index in [1.165, 1.54) is 0 Å². The monoisotopic (exact) mass is 294 g/mol. The van der Waals surface area contributed by atoms with Gasteiger partial charge in [-0.25, -0.2) is 0 Å². The van der Waals surface area contributed by atoms with E-state index in [-0.39, 0.29) is 0 Å². The molecule has 0 spiro atoms. The Kier molecular flexibility index (Phi) is 4.98. The lowest BCUT2D eigenvalue weighted by Crippen LogP contribution is -2.21. The predicted octanol–water partition coefficient (Wildman–Crippen LogP) is 2.55. The number of aryl methyl sites for hydroxylation is 1. The number of hydrogen-bond donors (Lipinski definition) is 1. The SMILES string of the molecule is CC(C)NCc1ccc(OCc2cn(C)nn2)c(Cl)c1. The number of aromatic nitrogens is 3. The molecule has 0 radical (unpaired) electrons. The molecule has 5 nitrogen and oxygen atoms in total. The third kappa shape index (κ3) is 4.21. The van der Waals surface area contributed by atoms with Crippen LogP contribution in [0.4, 0.5) is 0 Å². The van der Waals surface area contributed by atoms with Crippen molar-refractivity contribution < 1.29 is 4.74 Å². The minimum absolute atomic E-state index is 0.358. The molecule has 0 saturated heterocycles. The second kappa shape index (κ2) is 6.72. The van der Waals surface area contributed by atoms with Crippen molar-refractivity contribution in [3.63, 3.8) is 0 Å². The second-order valence-electron chi connectivity index (χ2n) is 4.97. The number of nitrogens with zero attached hydrogens (tertiary/aromatic N) is 3. The van der Waals surface area contributed by atoms with E-state index in [4.69, 9.17) is 16.3 Å². The summed E-state index contributed by atoms with van der Waals surface area (Å²) in [5.74, 6) is 0.658. The Hall–Kier alpha value is -1.59. The number of benzene rings is 1. The molecule has 0 unspecified atom stereocenters. The van der Waals surface area contributed by atoms with Gasteiger partial charge in [0.25, 0.3) is 0 Å². The Labute approximate surface area is 123 Å². The number of rotatable bonds is 6. The maximum Gasteiger partial charge on any atom is 0.138 e. The summed E-state index contributed by atoms with van der Waals surface area (Å²) >= 11 is 6.22. The van der Waals surface area contributed by atoms with E-state index >= 15 is 0 Å². The van der Waals surface area contributed by atoms with Crippen LogP contribution < -0.4 is 10.1 Å². The van der Waals surface area contributed by atoms with Crippen molar-refractivity contribution in [3.8, 4) is 5.75 Å². The average Bonchev–Trinajstić information content (AvgIpc) is 2.81. The number of ether oxygens (including phenoxy) is 1. The lowest BCUT2D eigenvalue weighted by molar-refractivity contribution is 0.301. The number of nitrogens with one attached hydrogen (secondary N) is 1. The van der Waals surface area contributed by atoms with E-state index < -0.39 is 0 Å². The maximum atomic E-state index is 6.22. The van der Waals surface area contributed by atoms with Crippen molar-refractivity contribution in [3.05, 3.63) is 40.7 Å². The van der Waals surface area contributed by atoms with Gasteiger partial charge in [0, 0.05) is 19.6 Å². The molecule has 0 aliphatic rings. The van der Waals surface area contributed by atoms with Crippen LogP contribution >= 0.6 is 11.6 Å². The van der Waals surface area contributed by atoms with E-state index in [9.17, 15) is 0 Å². The molecular formula is C14H19ClN4O. The summed E-state index contributed by atoms with van der Waals surface area (Å²) in [6, 6.07) is 6.26. The van der Waals surface area contributed by atoms with Crippen LogP contribution in [0.1, 0.15) is 25.1 Å². The Morgan fingerprint density at radius 1 is 1.40 bits per heavy atom. The third-order valence-corrected chi connectivity index (χ3v) is 3.03. The Morgan fingerprint density at radius 3 is 2.80 bits per heavy atom. The summed E-state index contributed by atoms with van der Waals surface area (Å²) in [6.07, 6.45) is 1.81. The van der Waals surface area contributed by atoms with Crippen molar-refractivity contribution in [1.29, 1.82) is 0 Å². The van der Waals surface area contributed by atoms with Crippen molar-refractivity contribution >= 4 is 11.6 Å². The highest BCUT2D eigenvalue weighted by molar-refractivity contribution is 6.32. The van der Waals surface area contributed by atoms with Crippen LogP contribution in [0, 0.1) is 0 Å². The summed E-state index contributed by atoms with van der Waals surface area (Å²) < 4.78 is 7.29. The number of halogens is 1. The molecule has 2 aromatic rings. The average molecular weight is 295 g/mol. The van der Waals surface area contributed by atoms with Crippen LogP contribution in [-0.4, -0.2) is 21.0 Å². The van der Waals surface area contributed by atoms with Gasteiger partial charge in [-0.1, -0.05) is 36.7 Å². The van der Waals surface area contributed by atoms with E-state index in [2.05, 4.69) is 29.5 Å². The Morgan fingerprint density at radius 2 is 2.20 bits per heavy atom. The van der Waals surface area contributed by atoms with Gasteiger partial charge in [0.1, 0.15) is 18.1 Å². The van der Waals surface area contributed by atoms with Gasteiger partial charge in [0.15, 0.2) is 0 Å². The minimum Gasteiger partial charge on any atom is -0.486 e. The first-order valence-corrected chi connectivity index (χ1v) is 6.92. The second-order valence-corrected chi connectivity index (χ2v) is 5.38. The molecule has 0 aliphatic heterocycles. The lowest BCUT2D eigenvalue weighted by Gasteiger charge is -2.10. The Bertz CT molecular complexity index is 568. The highest BCUT2D eigenvalue weighted by atomic mass is 35.5. The van der Waals surface area contributed by atoms with Gasteiger partial charge in [-0.15, -0.1) is 5.10 Å². The molecule has 108 valence electrons. The molecule has 0 amide bonds. The van der Waals surface area contributed by atoms with E-state index in [1.807, 2.05) is 31.4 Å². The van der Waals surface area contributed by atoms with Gasteiger partial charge < -0.3 is 10.1 Å². The summed E-state index contributed by atoms with van der Waals surface area (Å²) in [7, 11) is 1.82. The van der Waals surface area contributed by atoms with Gasteiger partial charge >= 0.3 is 0 Å². The highest BCUT2D eigenvalue weighted by Gasteiger charge is 2.06. The van der Waals surface area contributed by atoms with Gasteiger partial charge in [-0.05, 0) is 17.7 Å². The highest BCUT2D eigenvalue weighted by Crippen LogP contribution is 2.26. The van der Waals surface area contributed by atoms with Crippen molar-refractivity contribution in [2.45, 2.75) is 33.0 Å². The quantitative estimate of drug-likeness (QED) is 0.889. The lowest BCUT2D eigenvalue weighted by atomic mass is 10.2. The summed E-state index contributed by atoms with van der Waals surface area (Å²) in [5, 5.41) is 11.8. The van der Waals surface area contributed by atoms with E-state index in [1.54, 1.807) is 4.68 Å². The van der Waals surface area contributed by atoms with Crippen molar-refractivity contribution in [1.82, 2.24) is 20.3 Å². The Balaban J connectivity index is 1.95. The fourth-order valence-electron chi connectivity index (χ4n) is 1.71. The minimum atomic E-state index is 0.358. The zero-order valence-corrected chi connectivity index (χ0v) is 12.7. The first-order chi connectivity index (χ1) is 9.54. The smallest absolute Gasteiger partial charge is 0.138 e. The molecule has 6 heteroatoms. The first kappa shape index (κ1) is 14.8. The molecule has 0 aliphatic carbocycles. The zero-order chi connectivity index (χ0) is 14.5. The van der Waals surface area contributed by atoms with Crippen LogP contribution in [0.15, 0.2) is 24.4 Å². The molecule has 20 heavy (non-hydrogen) atoms. The summed E-state index contributed by atoms with van der Waals surface area (Å²) in [6.45, 7) is 5.37. The topological polar surface area (TPSA) is 52.0 Å². The summed E-state index contributed by atoms with van der Waals surface area (Å²) in [4.78, 5) is 0. The van der Waals surface area contributed by atoms with Crippen LogP contribution in [0.5, 0.6) is 5.75 Å². The molecule has 1 aromatic carbocycles. The normalized spacial score (nSPS) is 11.1. The van der Waals surface area contributed by atoms with Crippen LogP contribution in [0.2, 0.25) is 5.02 Å². The fraction of sp³-hybridized carbons (Fsp3) is 0.429. The van der Waals surface area contributed by atoms with Gasteiger partial charge in [0.2, 0.25) is 0 Å². The van der Waals surface area contributed by atoms with Crippen molar-refractivity contribution in [2.24, 2.45) is 7.05 Å². The molecule has 0 atom stereocenters. The largest absolute Gasteiger partial charge is 0.486 e. The molecule has 0 fully saturated rings. The fourth-order valence-corrected chi connectivity index (χ4v) is 1.96. The maximum absolute atomic E-state index is 6.22.